The van der Waals surface area contributed by atoms with Crippen LogP contribution in [0.15, 0.2) is 48.8 Å². The Labute approximate surface area is 198 Å². The van der Waals surface area contributed by atoms with E-state index in [1.807, 2.05) is 36.4 Å². The molecule has 0 spiro atoms. The van der Waals surface area contributed by atoms with Crippen LogP contribution < -0.4 is 10.6 Å². The molecule has 2 aliphatic rings. The summed E-state index contributed by atoms with van der Waals surface area (Å²) in [6, 6.07) is 11.4. The van der Waals surface area contributed by atoms with Gasteiger partial charge in [-0.3, -0.25) is 19.4 Å². The van der Waals surface area contributed by atoms with Crippen molar-refractivity contribution in [2.24, 2.45) is 0 Å². The highest BCUT2D eigenvalue weighted by Crippen LogP contribution is 2.30. The fourth-order valence-electron chi connectivity index (χ4n) is 4.73. The number of hydrogen-bond acceptors (Lipinski definition) is 4. The van der Waals surface area contributed by atoms with Crippen molar-refractivity contribution in [3.8, 4) is 0 Å². The SMILES string of the molecule is O=C1CC[C@@H](CN(Cc2cccnc2)C(=O)CCC2(Cc3ccc(Cl)cc3)CCC(=O)N2)N1. The van der Waals surface area contributed by atoms with E-state index in [-0.39, 0.29) is 23.8 Å². The van der Waals surface area contributed by atoms with Crippen molar-refractivity contribution in [3.05, 3.63) is 64.9 Å². The number of amides is 3. The third kappa shape index (κ3) is 6.32. The van der Waals surface area contributed by atoms with Gasteiger partial charge in [0.25, 0.3) is 0 Å². The van der Waals surface area contributed by atoms with Crippen molar-refractivity contribution in [3.63, 3.8) is 0 Å². The third-order valence-corrected chi connectivity index (χ3v) is 6.74. The molecule has 8 heteroatoms. The fraction of sp³-hybridized carbons (Fsp3) is 0.440. The molecule has 3 amide bonds. The number of carbonyl (C=O) groups excluding carboxylic acids is 3. The summed E-state index contributed by atoms with van der Waals surface area (Å²) >= 11 is 6.02. The van der Waals surface area contributed by atoms with Gasteiger partial charge in [0, 0.05) is 61.3 Å². The summed E-state index contributed by atoms with van der Waals surface area (Å²) in [5, 5.41) is 6.77. The van der Waals surface area contributed by atoms with Crippen LogP contribution in [0.4, 0.5) is 0 Å². The van der Waals surface area contributed by atoms with Crippen LogP contribution in [-0.2, 0) is 27.3 Å². The minimum atomic E-state index is -0.442. The Morgan fingerprint density at radius 2 is 1.94 bits per heavy atom. The van der Waals surface area contributed by atoms with Gasteiger partial charge in [0.15, 0.2) is 0 Å². The molecule has 2 aliphatic heterocycles. The van der Waals surface area contributed by atoms with E-state index in [0.717, 1.165) is 17.5 Å². The van der Waals surface area contributed by atoms with Crippen LogP contribution in [0.25, 0.3) is 0 Å². The molecule has 1 unspecified atom stereocenters. The number of hydrogen-bond donors (Lipinski definition) is 2. The largest absolute Gasteiger partial charge is 0.352 e. The fourth-order valence-corrected chi connectivity index (χ4v) is 4.85. The van der Waals surface area contributed by atoms with Crippen LogP contribution >= 0.6 is 11.6 Å². The molecule has 1 aromatic carbocycles. The molecule has 174 valence electrons. The number of pyridine rings is 1. The number of halogens is 1. The molecule has 0 aliphatic carbocycles. The minimum absolute atomic E-state index is 0.0108. The molecule has 1 aromatic heterocycles. The molecular formula is C25H29ClN4O3. The number of benzene rings is 1. The number of nitrogens with one attached hydrogen (secondary N) is 2. The highest BCUT2D eigenvalue weighted by molar-refractivity contribution is 6.30. The predicted molar refractivity (Wildman–Crippen MR) is 125 cm³/mol. The molecule has 2 N–H and O–H groups in total. The van der Waals surface area contributed by atoms with Crippen LogP contribution in [0.5, 0.6) is 0 Å². The summed E-state index contributed by atoms with van der Waals surface area (Å²) in [7, 11) is 0. The van der Waals surface area contributed by atoms with Crippen molar-refractivity contribution in [1.29, 1.82) is 0 Å². The molecule has 2 fully saturated rings. The van der Waals surface area contributed by atoms with Crippen LogP contribution in [-0.4, -0.2) is 45.7 Å². The zero-order chi connectivity index (χ0) is 23.3. The first kappa shape index (κ1) is 23.2. The molecule has 33 heavy (non-hydrogen) atoms. The van der Waals surface area contributed by atoms with E-state index in [1.165, 1.54) is 0 Å². The predicted octanol–water partition coefficient (Wildman–Crippen LogP) is 3.01. The maximum absolute atomic E-state index is 13.4. The van der Waals surface area contributed by atoms with Crippen LogP contribution in [0, 0.1) is 0 Å². The first-order valence-corrected chi connectivity index (χ1v) is 11.8. The van der Waals surface area contributed by atoms with Crippen LogP contribution in [0.2, 0.25) is 5.02 Å². The van der Waals surface area contributed by atoms with E-state index >= 15 is 0 Å². The highest BCUT2D eigenvalue weighted by atomic mass is 35.5. The maximum atomic E-state index is 13.4. The summed E-state index contributed by atoms with van der Waals surface area (Å²) in [6.07, 6.45) is 7.38. The van der Waals surface area contributed by atoms with E-state index in [2.05, 4.69) is 15.6 Å². The third-order valence-electron chi connectivity index (χ3n) is 6.48. The molecule has 7 nitrogen and oxygen atoms in total. The summed E-state index contributed by atoms with van der Waals surface area (Å²) in [5.41, 5.74) is 1.58. The lowest BCUT2D eigenvalue weighted by Gasteiger charge is -2.31. The van der Waals surface area contributed by atoms with E-state index in [4.69, 9.17) is 11.6 Å². The normalized spacial score (nSPS) is 22.2. The quantitative estimate of drug-likeness (QED) is 0.591. The molecule has 0 saturated carbocycles. The Balaban J connectivity index is 1.44. The lowest BCUT2D eigenvalue weighted by atomic mass is 9.85. The van der Waals surface area contributed by atoms with Crippen molar-refractivity contribution in [2.75, 3.05) is 6.54 Å². The molecule has 2 saturated heterocycles. The van der Waals surface area contributed by atoms with E-state index in [9.17, 15) is 14.4 Å². The highest BCUT2D eigenvalue weighted by Gasteiger charge is 2.38. The maximum Gasteiger partial charge on any atom is 0.223 e. The van der Waals surface area contributed by atoms with Gasteiger partial charge >= 0.3 is 0 Å². The standard InChI is InChI=1S/C25H29ClN4O3/c26-20-5-3-18(4-6-20)14-25(11-9-23(32)29-25)12-10-24(33)30(16-19-2-1-13-27-15-19)17-21-7-8-22(31)28-21/h1-6,13,15,21H,7-12,14,16-17H2,(H,28,31)(H,29,32)/t21-,25?/m0/s1. The monoisotopic (exact) mass is 468 g/mol. The Bertz CT molecular complexity index is 998. The number of nitrogens with zero attached hydrogens (tertiary/aromatic N) is 2. The summed E-state index contributed by atoms with van der Waals surface area (Å²) < 4.78 is 0. The van der Waals surface area contributed by atoms with Gasteiger partial charge in [-0.25, -0.2) is 0 Å². The topological polar surface area (TPSA) is 91.4 Å². The number of rotatable bonds is 9. The summed E-state index contributed by atoms with van der Waals surface area (Å²) in [5.74, 6) is 0.0679. The zero-order valence-corrected chi connectivity index (χ0v) is 19.3. The summed E-state index contributed by atoms with van der Waals surface area (Å²) in [4.78, 5) is 43.1. The Morgan fingerprint density at radius 1 is 1.12 bits per heavy atom. The lowest BCUT2D eigenvalue weighted by molar-refractivity contribution is -0.133. The van der Waals surface area contributed by atoms with E-state index in [1.54, 1.807) is 17.3 Å². The van der Waals surface area contributed by atoms with Crippen LogP contribution in [0.3, 0.4) is 0 Å². The van der Waals surface area contributed by atoms with Crippen LogP contribution in [0.1, 0.15) is 49.7 Å². The first-order valence-electron chi connectivity index (χ1n) is 11.4. The first-order chi connectivity index (χ1) is 15.9. The van der Waals surface area contributed by atoms with Gasteiger partial charge in [-0.05, 0) is 55.0 Å². The average molecular weight is 469 g/mol. The van der Waals surface area contributed by atoms with Gasteiger partial charge in [0.1, 0.15) is 0 Å². The molecule has 4 rings (SSSR count). The van der Waals surface area contributed by atoms with Crippen molar-refractivity contribution >= 4 is 29.3 Å². The molecule has 2 atom stereocenters. The van der Waals surface area contributed by atoms with Crippen molar-refractivity contribution in [1.82, 2.24) is 20.5 Å². The smallest absolute Gasteiger partial charge is 0.223 e. The van der Waals surface area contributed by atoms with Gasteiger partial charge in [-0.1, -0.05) is 29.8 Å². The molecule has 3 heterocycles. The Kier molecular flexibility index (Phi) is 7.28. The molecule has 2 aromatic rings. The number of aromatic nitrogens is 1. The molecule has 0 radical (unpaired) electrons. The van der Waals surface area contributed by atoms with Gasteiger partial charge in [-0.2, -0.15) is 0 Å². The Hall–Kier alpha value is -2.93. The van der Waals surface area contributed by atoms with Gasteiger partial charge < -0.3 is 15.5 Å². The van der Waals surface area contributed by atoms with Gasteiger partial charge in [-0.15, -0.1) is 0 Å². The van der Waals surface area contributed by atoms with Crippen molar-refractivity contribution in [2.45, 2.75) is 63.1 Å². The second kappa shape index (κ2) is 10.3. The van der Waals surface area contributed by atoms with Gasteiger partial charge in [0.2, 0.25) is 17.7 Å². The molecular weight excluding hydrogens is 440 g/mol. The average Bonchev–Trinajstić information content (AvgIpc) is 3.39. The second-order valence-electron chi connectivity index (χ2n) is 9.07. The Morgan fingerprint density at radius 3 is 2.58 bits per heavy atom. The zero-order valence-electron chi connectivity index (χ0n) is 18.6. The van der Waals surface area contributed by atoms with E-state index in [0.29, 0.717) is 56.6 Å². The summed E-state index contributed by atoms with van der Waals surface area (Å²) in [6.45, 7) is 0.908. The minimum Gasteiger partial charge on any atom is -0.352 e. The van der Waals surface area contributed by atoms with E-state index < -0.39 is 5.54 Å². The number of carbonyl (C=O) groups is 3. The van der Waals surface area contributed by atoms with Crippen molar-refractivity contribution < 1.29 is 14.4 Å². The molecule has 0 bridgehead atoms. The lowest BCUT2D eigenvalue weighted by Crippen LogP contribution is -2.46. The second-order valence-corrected chi connectivity index (χ2v) is 9.51. The van der Waals surface area contributed by atoms with Gasteiger partial charge in [0.05, 0.1) is 0 Å².